The molecular formula is C72H42. The first-order valence-corrected chi connectivity index (χ1v) is 25.2. The second-order valence-corrected chi connectivity index (χ2v) is 19.9. The molecule has 0 aromatic heterocycles. The molecule has 0 aliphatic heterocycles. The molecule has 0 amide bonds. The Labute approximate surface area is 417 Å². The Balaban J connectivity index is 1.10. The Morgan fingerprint density at radius 2 is 0.625 bits per heavy atom. The van der Waals surface area contributed by atoms with E-state index in [0.29, 0.717) is 0 Å². The van der Waals surface area contributed by atoms with Gasteiger partial charge in [-0.15, -0.1) is 5.73 Å². The summed E-state index contributed by atoms with van der Waals surface area (Å²) in [6.07, 6.45) is 4.63. The van der Waals surface area contributed by atoms with Crippen LogP contribution in [0.2, 0.25) is 0 Å². The van der Waals surface area contributed by atoms with Gasteiger partial charge >= 0.3 is 0 Å². The number of allylic oxidation sites excluding steroid dienone is 2. The van der Waals surface area contributed by atoms with Crippen LogP contribution in [0.25, 0.3) is 143 Å². The molecule has 13 aromatic carbocycles. The second-order valence-electron chi connectivity index (χ2n) is 19.9. The Bertz CT molecular complexity index is 4700. The molecule has 3 aliphatic carbocycles. The van der Waals surface area contributed by atoms with Crippen molar-refractivity contribution in [3.05, 3.63) is 270 Å². The fourth-order valence-corrected chi connectivity index (χ4v) is 13.3. The van der Waals surface area contributed by atoms with Gasteiger partial charge < -0.3 is 0 Å². The van der Waals surface area contributed by atoms with Crippen molar-refractivity contribution in [1.82, 2.24) is 0 Å². The molecule has 0 nitrogen and oxygen atoms in total. The van der Waals surface area contributed by atoms with Crippen LogP contribution < -0.4 is 0 Å². The van der Waals surface area contributed by atoms with Gasteiger partial charge in [-0.2, -0.15) is 0 Å². The number of rotatable bonds is 4. The lowest BCUT2D eigenvalue weighted by molar-refractivity contribution is 1.50. The average Bonchev–Trinajstić information content (AvgIpc) is 3.85. The molecule has 0 fully saturated rings. The Kier molecular flexibility index (Phi) is 8.15. The van der Waals surface area contributed by atoms with Crippen molar-refractivity contribution in [3.8, 4) is 66.8 Å². The molecule has 3 aliphatic rings. The van der Waals surface area contributed by atoms with Gasteiger partial charge in [-0.25, -0.2) is 0 Å². The van der Waals surface area contributed by atoms with E-state index in [2.05, 4.69) is 249 Å². The molecule has 0 spiro atoms. The fourth-order valence-electron chi connectivity index (χ4n) is 13.3. The Hall–Kier alpha value is -9.32. The van der Waals surface area contributed by atoms with Crippen LogP contribution in [0.3, 0.4) is 0 Å². The molecule has 0 heteroatoms. The van der Waals surface area contributed by atoms with E-state index < -0.39 is 0 Å². The van der Waals surface area contributed by atoms with E-state index in [1.807, 2.05) is 0 Å². The van der Waals surface area contributed by atoms with Crippen LogP contribution in [-0.2, 0) is 0 Å². The van der Waals surface area contributed by atoms with Crippen LogP contribution in [-0.4, -0.2) is 0 Å². The lowest BCUT2D eigenvalue weighted by Gasteiger charge is -2.22. The lowest BCUT2D eigenvalue weighted by Crippen LogP contribution is -1.97. The maximum absolute atomic E-state index is 4.08. The molecule has 0 atom stereocenters. The zero-order valence-corrected chi connectivity index (χ0v) is 39.5. The van der Waals surface area contributed by atoms with E-state index in [0.717, 1.165) is 5.57 Å². The maximum atomic E-state index is 4.08. The monoisotopic (exact) mass is 906 g/mol. The highest BCUT2D eigenvalue weighted by atomic mass is 14.4. The van der Waals surface area contributed by atoms with E-state index in [1.165, 1.54) is 165 Å². The van der Waals surface area contributed by atoms with Crippen LogP contribution in [0.15, 0.2) is 242 Å². The van der Waals surface area contributed by atoms with E-state index >= 15 is 0 Å². The first-order chi connectivity index (χ1) is 35.7. The van der Waals surface area contributed by atoms with E-state index in [1.54, 1.807) is 0 Å². The minimum Gasteiger partial charge on any atom is -0.112 e. The van der Waals surface area contributed by atoms with Crippen molar-refractivity contribution in [3.63, 3.8) is 0 Å². The largest absolute Gasteiger partial charge is 0.112 e. The van der Waals surface area contributed by atoms with E-state index in [9.17, 15) is 0 Å². The Morgan fingerprint density at radius 1 is 0.250 bits per heavy atom. The van der Waals surface area contributed by atoms with Crippen LogP contribution in [0, 0.1) is 6.92 Å². The van der Waals surface area contributed by atoms with Gasteiger partial charge in [-0.05, 0) is 167 Å². The third kappa shape index (κ3) is 5.31. The predicted molar refractivity (Wildman–Crippen MR) is 307 cm³/mol. The van der Waals surface area contributed by atoms with Crippen molar-refractivity contribution >= 4 is 75.8 Å². The summed E-state index contributed by atoms with van der Waals surface area (Å²) in [5.41, 5.74) is 28.0. The molecular weight excluding hydrogens is 865 g/mol. The van der Waals surface area contributed by atoms with Crippen molar-refractivity contribution in [2.75, 3.05) is 0 Å². The van der Waals surface area contributed by atoms with Gasteiger partial charge in [0.1, 0.15) is 0 Å². The van der Waals surface area contributed by atoms with Crippen LogP contribution >= 0.6 is 0 Å². The molecule has 0 saturated carbocycles. The van der Waals surface area contributed by atoms with Crippen LogP contribution in [0.4, 0.5) is 0 Å². The summed E-state index contributed by atoms with van der Waals surface area (Å²) in [6.45, 7) is 2.24. The van der Waals surface area contributed by atoms with Gasteiger partial charge in [0, 0.05) is 16.7 Å². The number of aryl methyl sites for hydroxylation is 1. The molecule has 16 rings (SSSR count). The highest BCUT2D eigenvalue weighted by Crippen LogP contribution is 2.64. The standard InChI is InChI=1S/C72H42/c1-42-37-38-57-62(41-42)66(54-34-15-24-46-20-5-9-28-50(46)54)72-61-40-39-60-67-58(35-16-36-59(68(61)67)70(72)65(57)53-33-14-23-45-19-4-8-27-49(45)53)69-63(51-31-12-21-43-17-2-6-25-47(43)51)55-29-10-11-30-56(55)64(71(60)69)52-32-13-22-44-18-3-7-26-48(44)52/h2-34,36-41H,1H3. The number of hydrogen-bond acceptors (Lipinski definition) is 0. The third-order valence-electron chi connectivity index (χ3n) is 16.2. The lowest BCUT2D eigenvalue weighted by atomic mass is 9.80. The summed E-state index contributed by atoms with van der Waals surface area (Å²) < 4.78 is 0. The highest BCUT2D eigenvalue weighted by Gasteiger charge is 2.41. The molecule has 0 bridgehead atoms. The normalized spacial score (nSPS) is 13.0. The number of fused-ring (bicyclic) bond motifs is 12. The molecule has 0 saturated heterocycles. The predicted octanol–water partition coefficient (Wildman–Crippen LogP) is 19.6. The van der Waals surface area contributed by atoms with E-state index in [4.69, 9.17) is 0 Å². The van der Waals surface area contributed by atoms with E-state index in [-0.39, 0.29) is 0 Å². The summed E-state index contributed by atoms with van der Waals surface area (Å²) >= 11 is 0. The molecule has 13 aromatic rings. The zero-order valence-electron chi connectivity index (χ0n) is 39.5. The van der Waals surface area contributed by atoms with Gasteiger partial charge in [0.25, 0.3) is 0 Å². The smallest absolute Gasteiger partial charge is 0.0335 e. The molecule has 0 unspecified atom stereocenters. The van der Waals surface area contributed by atoms with Crippen LogP contribution in [0.1, 0.15) is 27.8 Å². The second kappa shape index (κ2) is 14.8. The first kappa shape index (κ1) is 39.5. The molecule has 0 heterocycles. The zero-order chi connectivity index (χ0) is 47.2. The Morgan fingerprint density at radius 3 is 1.12 bits per heavy atom. The topological polar surface area (TPSA) is 0 Å². The quantitative estimate of drug-likeness (QED) is 0.154. The molecule has 0 N–H and O–H groups in total. The first-order valence-electron chi connectivity index (χ1n) is 25.2. The fraction of sp³-hybridized carbons (Fsp3) is 0.0139. The molecule has 72 heavy (non-hydrogen) atoms. The van der Waals surface area contributed by atoms with Gasteiger partial charge in [-0.3, -0.25) is 0 Å². The van der Waals surface area contributed by atoms with Gasteiger partial charge in [0.2, 0.25) is 0 Å². The van der Waals surface area contributed by atoms with Crippen molar-refractivity contribution < 1.29 is 0 Å². The van der Waals surface area contributed by atoms with Crippen LogP contribution in [0.5, 0.6) is 0 Å². The number of hydrogen-bond donors (Lipinski definition) is 0. The van der Waals surface area contributed by atoms with Gasteiger partial charge in [0.05, 0.1) is 0 Å². The molecule has 330 valence electrons. The van der Waals surface area contributed by atoms with Crippen molar-refractivity contribution in [1.29, 1.82) is 0 Å². The summed E-state index contributed by atoms with van der Waals surface area (Å²) in [5.74, 6) is 0. The third-order valence-corrected chi connectivity index (χ3v) is 16.2. The van der Waals surface area contributed by atoms with Crippen molar-refractivity contribution in [2.24, 2.45) is 0 Å². The SMILES string of the molecule is Cc1ccc2c(-c3cccc4ccccc34)c3c(c(-c4cccc5ccccc45)c2c1)-c1ccc2c4c1C3=CC=C=C4c1c-2c(-c2cccc3ccccc23)c2ccccc2c1-c1cccc2ccccc12. The highest BCUT2D eigenvalue weighted by molar-refractivity contribution is 6.30. The maximum Gasteiger partial charge on any atom is 0.0335 e. The summed E-state index contributed by atoms with van der Waals surface area (Å²) in [5, 5.41) is 15.0. The summed E-state index contributed by atoms with van der Waals surface area (Å²) in [4.78, 5) is 0. The van der Waals surface area contributed by atoms with Crippen molar-refractivity contribution in [2.45, 2.75) is 6.92 Å². The molecule has 0 radical (unpaired) electrons. The minimum absolute atomic E-state index is 1.16. The average molecular weight is 907 g/mol. The number of benzene rings is 13. The van der Waals surface area contributed by atoms with Gasteiger partial charge in [0.15, 0.2) is 0 Å². The van der Waals surface area contributed by atoms with Gasteiger partial charge in [-0.1, -0.05) is 230 Å². The summed E-state index contributed by atoms with van der Waals surface area (Å²) in [7, 11) is 0. The summed E-state index contributed by atoms with van der Waals surface area (Å²) in [6, 6.07) is 84.3. The minimum atomic E-state index is 1.16.